The third-order valence-corrected chi connectivity index (χ3v) is 2.11. The quantitative estimate of drug-likeness (QED) is 0.434. The Bertz CT molecular complexity index is 421. The van der Waals surface area contributed by atoms with Gasteiger partial charge in [0.1, 0.15) is 0 Å². The molecule has 0 bridgehead atoms. The van der Waals surface area contributed by atoms with E-state index < -0.39 is 6.09 Å². The summed E-state index contributed by atoms with van der Waals surface area (Å²) < 4.78 is 10.3. The fourth-order valence-corrected chi connectivity index (χ4v) is 1.37. The van der Waals surface area contributed by atoms with E-state index in [1.807, 2.05) is 5.43 Å². The lowest BCUT2D eigenvalue weighted by atomic mass is 10.1. The molecule has 86 valence electrons. The van der Waals surface area contributed by atoms with Crippen LogP contribution in [-0.4, -0.2) is 18.0 Å². The molecule has 1 aliphatic rings. The molecule has 0 aromatic heterocycles. The first-order chi connectivity index (χ1) is 7.66. The maximum absolute atomic E-state index is 10.2. The molecule has 16 heavy (non-hydrogen) atoms. The highest BCUT2D eigenvalue weighted by molar-refractivity contribution is 5.64. The maximum Gasteiger partial charge on any atom is 0.419 e. The van der Waals surface area contributed by atoms with Gasteiger partial charge in [-0.25, -0.2) is 10.2 Å². The molecule has 0 saturated carbocycles. The van der Waals surface area contributed by atoms with Crippen LogP contribution in [0.25, 0.3) is 0 Å². The van der Waals surface area contributed by atoms with E-state index in [0.717, 1.165) is 5.56 Å². The van der Waals surface area contributed by atoms with E-state index in [0.29, 0.717) is 17.2 Å². The summed E-state index contributed by atoms with van der Waals surface area (Å²) in [5.41, 5.74) is 11.5. The van der Waals surface area contributed by atoms with E-state index in [9.17, 15) is 4.79 Å². The molecule has 1 aromatic rings. The van der Waals surface area contributed by atoms with E-state index in [1.54, 1.807) is 12.1 Å². The Morgan fingerprint density at radius 3 is 2.81 bits per heavy atom. The van der Waals surface area contributed by atoms with Crippen LogP contribution in [0.3, 0.4) is 0 Å². The molecular weight excluding hydrogens is 214 g/mol. The van der Waals surface area contributed by atoms with Gasteiger partial charge in [-0.15, -0.1) is 0 Å². The molecule has 2 rings (SSSR count). The van der Waals surface area contributed by atoms with Crippen molar-refractivity contribution in [3.05, 3.63) is 17.7 Å². The Labute approximate surface area is 91.1 Å². The van der Waals surface area contributed by atoms with Crippen molar-refractivity contribution in [1.82, 2.24) is 10.9 Å². The first-order valence-corrected chi connectivity index (χ1v) is 4.56. The summed E-state index contributed by atoms with van der Waals surface area (Å²) in [5, 5.41) is 8.37. The third-order valence-electron chi connectivity index (χ3n) is 2.11. The first-order valence-electron chi connectivity index (χ1n) is 4.56. The number of nitrogens with one attached hydrogen (secondary N) is 2. The molecule has 0 saturated heterocycles. The van der Waals surface area contributed by atoms with Gasteiger partial charge in [-0.2, -0.15) is 0 Å². The van der Waals surface area contributed by atoms with Crippen molar-refractivity contribution in [3.63, 3.8) is 0 Å². The summed E-state index contributed by atoms with van der Waals surface area (Å²) >= 11 is 0. The van der Waals surface area contributed by atoms with Crippen molar-refractivity contribution in [1.29, 1.82) is 0 Å². The Morgan fingerprint density at radius 1 is 1.44 bits per heavy atom. The number of rotatable bonds is 3. The van der Waals surface area contributed by atoms with Gasteiger partial charge in [-0.05, 0) is 11.6 Å². The smallest absolute Gasteiger partial charge is 0.419 e. The molecule has 1 heterocycles. The number of hydrazine groups is 1. The molecular formula is C9H11N3O4. The molecule has 1 aromatic carbocycles. The average molecular weight is 225 g/mol. The molecule has 7 nitrogen and oxygen atoms in total. The van der Waals surface area contributed by atoms with Crippen LogP contribution in [0, 0.1) is 0 Å². The largest absolute Gasteiger partial charge is 0.464 e. The topological polar surface area (TPSA) is 106 Å². The molecule has 1 amide bonds. The fraction of sp³-hybridized carbons (Fsp3) is 0.222. The number of benzene rings is 1. The predicted molar refractivity (Wildman–Crippen MR) is 55.0 cm³/mol. The van der Waals surface area contributed by atoms with Crippen LogP contribution in [-0.2, 0) is 6.54 Å². The van der Waals surface area contributed by atoms with E-state index in [2.05, 4.69) is 5.43 Å². The van der Waals surface area contributed by atoms with Gasteiger partial charge >= 0.3 is 6.09 Å². The van der Waals surface area contributed by atoms with Crippen LogP contribution in [0.5, 0.6) is 11.5 Å². The number of ether oxygens (including phenoxy) is 2. The number of amides is 1. The lowest BCUT2D eigenvalue weighted by Crippen LogP contribution is -2.35. The number of hydrogen-bond acceptors (Lipinski definition) is 5. The van der Waals surface area contributed by atoms with Gasteiger partial charge in [0, 0.05) is 18.3 Å². The summed E-state index contributed by atoms with van der Waals surface area (Å²) in [6.45, 7) is 0.452. The SMILES string of the molecule is Nc1cc2c(cc1CNNC(=O)O)OCO2. The molecule has 0 atom stereocenters. The van der Waals surface area contributed by atoms with Crippen molar-refractivity contribution in [2.75, 3.05) is 12.5 Å². The standard InChI is InChI=1S/C9H11N3O4/c10-6-2-8-7(15-4-16-8)1-5(6)3-11-12-9(13)14/h1-2,11-12H,3-4,10H2,(H,13,14). The number of carboxylic acid groups (broad SMARTS) is 1. The maximum atomic E-state index is 10.2. The third kappa shape index (κ3) is 2.09. The molecule has 5 N–H and O–H groups in total. The summed E-state index contributed by atoms with van der Waals surface area (Å²) in [4.78, 5) is 10.2. The summed E-state index contributed by atoms with van der Waals surface area (Å²) in [6.07, 6.45) is -1.15. The van der Waals surface area contributed by atoms with Crippen molar-refractivity contribution in [2.45, 2.75) is 6.54 Å². The Hall–Kier alpha value is -2.15. The molecule has 0 fully saturated rings. The van der Waals surface area contributed by atoms with Crippen molar-refractivity contribution >= 4 is 11.8 Å². The molecule has 0 aliphatic carbocycles. The zero-order chi connectivity index (χ0) is 11.5. The number of hydrogen-bond donors (Lipinski definition) is 4. The van der Waals surface area contributed by atoms with Crippen LogP contribution in [0.2, 0.25) is 0 Å². The van der Waals surface area contributed by atoms with Crippen LogP contribution in [0.1, 0.15) is 5.56 Å². The van der Waals surface area contributed by atoms with Crippen molar-refractivity contribution in [2.24, 2.45) is 0 Å². The van der Waals surface area contributed by atoms with Gasteiger partial charge < -0.3 is 20.3 Å². The monoisotopic (exact) mass is 225 g/mol. The Morgan fingerprint density at radius 2 is 2.12 bits per heavy atom. The zero-order valence-electron chi connectivity index (χ0n) is 8.32. The van der Waals surface area contributed by atoms with Crippen molar-refractivity contribution < 1.29 is 19.4 Å². The van der Waals surface area contributed by atoms with E-state index in [-0.39, 0.29) is 13.3 Å². The zero-order valence-corrected chi connectivity index (χ0v) is 8.32. The minimum atomic E-state index is -1.15. The Balaban J connectivity index is 2.06. The molecule has 1 aliphatic heterocycles. The van der Waals surface area contributed by atoms with Gasteiger partial charge in [0.25, 0.3) is 0 Å². The number of fused-ring (bicyclic) bond motifs is 1. The van der Waals surface area contributed by atoms with E-state index in [4.69, 9.17) is 20.3 Å². The van der Waals surface area contributed by atoms with Gasteiger partial charge in [0.2, 0.25) is 6.79 Å². The van der Waals surface area contributed by atoms with E-state index in [1.165, 1.54) is 0 Å². The second kappa shape index (κ2) is 4.15. The average Bonchev–Trinajstić information content (AvgIpc) is 2.64. The highest BCUT2D eigenvalue weighted by Crippen LogP contribution is 2.35. The first kappa shape index (κ1) is 10.4. The number of nitrogen functional groups attached to an aromatic ring is 1. The normalized spacial score (nSPS) is 12.5. The molecule has 7 heteroatoms. The highest BCUT2D eigenvalue weighted by atomic mass is 16.7. The predicted octanol–water partition coefficient (Wildman–Crippen LogP) is 0.270. The van der Waals surface area contributed by atoms with E-state index >= 15 is 0 Å². The van der Waals surface area contributed by atoms with Gasteiger partial charge in [-0.3, -0.25) is 5.43 Å². The van der Waals surface area contributed by atoms with Crippen LogP contribution < -0.4 is 26.1 Å². The van der Waals surface area contributed by atoms with Crippen LogP contribution >= 0.6 is 0 Å². The number of anilines is 1. The lowest BCUT2D eigenvalue weighted by molar-refractivity contribution is 0.174. The van der Waals surface area contributed by atoms with Gasteiger partial charge in [0.15, 0.2) is 11.5 Å². The summed E-state index contributed by atoms with van der Waals surface area (Å²) in [5.74, 6) is 1.22. The van der Waals surface area contributed by atoms with Gasteiger partial charge in [-0.1, -0.05) is 0 Å². The summed E-state index contributed by atoms with van der Waals surface area (Å²) in [7, 11) is 0. The van der Waals surface area contributed by atoms with Crippen molar-refractivity contribution in [3.8, 4) is 11.5 Å². The minimum absolute atomic E-state index is 0.180. The molecule has 0 spiro atoms. The second-order valence-corrected chi connectivity index (χ2v) is 3.19. The molecule has 0 unspecified atom stereocenters. The van der Waals surface area contributed by atoms with Gasteiger partial charge in [0.05, 0.1) is 0 Å². The van der Waals surface area contributed by atoms with Crippen LogP contribution in [0.15, 0.2) is 12.1 Å². The second-order valence-electron chi connectivity index (χ2n) is 3.19. The summed E-state index contributed by atoms with van der Waals surface area (Å²) in [6, 6.07) is 3.37. The lowest BCUT2D eigenvalue weighted by Gasteiger charge is -2.08. The molecule has 0 radical (unpaired) electrons. The number of nitrogens with two attached hydrogens (primary N) is 1. The number of carbonyl (C=O) groups is 1. The Kier molecular flexibility index (Phi) is 2.69. The highest BCUT2D eigenvalue weighted by Gasteiger charge is 2.15. The fourth-order valence-electron chi connectivity index (χ4n) is 1.37. The minimum Gasteiger partial charge on any atom is -0.464 e. The van der Waals surface area contributed by atoms with Crippen LogP contribution in [0.4, 0.5) is 10.5 Å².